The normalized spacial score (nSPS) is 18.1. The summed E-state index contributed by atoms with van der Waals surface area (Å²) in [7, 11) is 0. The number of fused-ring (bicyclic) bond motifs is 3. The molecule has 1 atom stereocenters. The molecule has 1 aromatic heterocycles. The fraction of sp³-hybridized carbons (Fsp3) is 0.276. The van der Waals surface area contributed by atoms with Crippen LogP contribution in [0.4, 0.5) is 11.4 Å². The minimum absolute atomic E-state index is 0.00825. The molecule has 204 valence electrons. The highest BCUT2D eigenvalue weighted by molar-refractivity contribution is 8.14. The Hall–Kier alpha value is -3.96. The van der Waals surface area contributed by atoms with E-state index in [1.54, 1.807) is 11.3 Å². The van der Waals surface area contributed by atoms with Gasteiger partial charge in [-0.2, -0.15) is 0 Å². The molecule has 4 heterocycles. The molecule has 3 aliphatic rings. The number of carbonyl (C=O) groups excluding carboxylic acids is 3. The average molecular weight is 573 g/mol. The molecule has 0 radical (unpaired) electrons. The van der Waals surface area contributed by atoms with Crippen molar-refractivity contribution in [1.82, 2.24) is 15.1 Å². The first-order valence-corrected chi connectivity index (χ1v) is 15.0. The summed E-state index contributed by atoms with van der Waals surface area (Å²) in [6, 6.07) is 20.7. The standard InChI is InChI=1S/C29H28N6O3S2/c36-25(30-18-21-9-6-16-39-21)17-24-28(38)35-27(31-24)22-10-4-5-11-23(22)32-29(35)40-19-26(37)34-14-12-33(13-15-34)20-7-2-1-3-8-20/h1-11,16,24H,12-15,17-19H2,(H,30,36)/t24-/m1/s1. The van der Waals surface area contributed by atoms with E-state index >= 15 is 0 Å². The Bertz CT molecular complexity index is 1470. The molecule has 3 aliphatic heterocycles. The molecule has 3 aromatic rings. The fourth-order valence-corrected chi connectivity index (χ4v) is 6.50. The molecular weight excluding hydrogens is 544 g/mol. The molecular formula is C29H28N6O3S2. The average Bonchev–Trinajstić information content (AvgIpc) is 3.63. The van der Waals surface area contributed by atoms with Gasteiger partial charge in [0.05, 0.1) is 24.4 Å². The van der Waals surface area contributed by atoms with E-state index in [1.807, 2.05) is 64.9 Å². The number of carbonyl (C=O) groups is 3. The molecule has 9 nitrogen and oxygen atoms in total. The summed E-state index contributed by atoms with van der Waals surface area (Å²) in [6.45, 7) is 3.24. The Morgan fingerprint density at radius 2 is 1.75 bits per heavy atom. The van der Waals surface area contributed by atoms with E-state index in [4.69, 9.17) is 4.99 Å². The second-order valence-corrected chi connectivity index (χ2v) is 11.6. The number of amides is 3. The zero-order valence-corrected chi connectivity index (χ0v) is 23.4. The van der Waals surface area contributed by atoms with Crippen LogP contribution in [0.15, 0.2) is 82.1 Å². The van der Waals surface area contributed by atoms with Gasteiger partial charge >= 0.3 is 0 Å². The zero-order valence-electron chi connectivity index (χ0n) is 21.7. The Labute approximate surface area is 240 Å². The van der Waals surface area contributed by atoms with Gasteiger partial charge in [0.1, 0.15) is 11.9 Å². The van der Waals surface area contributed by atoms with E-state index in [0.29, 0.717) is 36.3 Å². The number of piperazine rings is 1. The van der Waals surface area contributed by atoms with E-state index in [1.165, 1.54) is 16.7 Å². The van der Waals surface area contributed by atoms with Crippen molar-refractivity contribution in [3.8, 4) is 0 Å². The summed E-state index contributed by atoms with van der Waals surface area (Å²) in [4.78, 5) is 55.3. The number of anilines is 1. The van der Waals surface area contributed by atoms with Gasteiger partial charge in [-0.1, -0.05) is 48.2 Å². The van der Waals surface area contributed by atoms with E-state index in [0.717, 1.165) is 29.2 Å². The molecule has 0 spiro atoms. The summed E-state index contributed by atoms with van der Waals surface area (Å²) in [5.41, 5.74) is 2.60. The number of benzene rings is 2. The molecule has 0 saturated carbocycles. The lowest BCUT2D eigenvalue weighted by Crippen LogP contribution is -2.49. The van der Waals surface area contributed by atoms with Crippen LogP contribution in [0.3, 0.4) is 0 Å². The van der Waals surface area contributed by atoms with Crippen molar-refractivity contribution < 1.29 is 14.4 Å². The number of thioether (sulfide) groups is 1. The fourth-order valence-electron chi connectivity index (χ4n) is 4.95. The topological polar surface area (TPSA) is 97.7 Å². The second kappa shape index (κ2) is 11.6. The summed E-state index contributed by atoms with van der Waals surface area (Å²) in [5, 5.41) is 5.25. The highest BCUT2D eigenvalue weighted by atomic mass is 32.2. The van der Waals surface area contributed by atoms with Crippen LogP contribution >= 0.6 is 23.1 Å². The van der Waals surface area contributed by atoms with Crippen molar-refractivity contribution >= 4 is 63.2 Å². The lowest BCUT2D eigenvalue weighted by atomic mass is 10.1. The molecule has 0 unspecified atom stereocenters. The molecule has 6 rings (SSSR count). The Balaban J connectivity index is 1.10. The first-order valence-electron chi connectivity index (χ1n) is 13.2. The Morgan fingerprint density at radius 3 is 2.52 bits per heavy atom. The number of thiophene rings is 1. The van der Waals surface area contributed by atoms with Gasteiger partial charge in [0.25, 0.3) is 5.91 Å². The summed E-state index contributed by atoms with van der Waals surface area (Å²) in [6.07, 6.45) is -0.0467. The van der Waals surface area contributed by atoms with E-state index in [-0.39, 0.29) is 29.9 Å². The van der Waals surface area contributed by atoms with Crippen LogP contribution in [0.25, 0.3) is 0 Å². The lowest BCUT2D eigenvalue weighted by Gasteiger charge is -2.36. The van der Waals surface area contributed by atoms with Crippen LogP contribution in [0.1, 0.15) is 16.9 Å². The largest absolute Gasteiger partial charge is 0.368 e. The molecule has 1 fully saturated rings. The number of hydrogen-bond donors (Lipinski definition) is 1. The quantitative estimate of drug-likeness (QED) is 0.468. The number of nitrogens with zero attached hydrogens (tertiary/aromatic N) is 5. The summed E-state index contributed by atoms with van der Waals surface area (Å²) < 4.78 is 0. The minimum Gasteiger partial charge on any atom is -0.368 e. The Morgan fingerprint density at radius 1 is 0.975 bits per heavy atom. The zero-order chi connectivity index (χ0) is 27.5. The van der Waals surface area contributed by atoms with Crippen molar-refractivity contribution in [2.75, 3.05) is 36.8 Å². The smallest absolute Gasteiger partial charge is 0.259 e. The first-order chi connectivity index (χ1) is 19.6. The second-order valence-electron chi connectivity index (χ2n) is 9.61. The molecule has 3 amide bonds. The van der Waals surface area contributed by atoms with Crippen molar-refractivity contribution in [3.63, 3.8) is 0 Å². The van der Waals surface area contributed by atoms with Gasteiger partial charge in [-0.25, -0.2) is 9.89 Å². The number of rotatable bonds is 7. The number of aliphatic imine (C=N–C) groups is 2. The third kappa shape index (κ3) is 5.52. The van der Waals surface area contributed by atoms with Gasteiger partial charge in [-0.05, 0) is 35.7 Å². The van der Waals surface area contributed by atoms with Crippen LogP contribution in [0.5, 0.6) is 0 Å². The molecule has 1 saturated heterocycles. The first kappa shape index (κ1) is 26.3. The maximum absolute atomic E-state index is 13.5. The molecule has 40 heavy (non-hydrogen) atoms. The molecule has 0 bridgehead atoms. The van der Waals surface area contributed by atoms with Crippen LogP contribution in [-0.2, 0) is 20.9 Å². The highest BCUT2D eigenvalue weighted by Crippen LogP contribution is 2.34. The lowest BCUT2D eigenvalue weighted by molar-refractivity contribution is -0.129. The van der Waals surface area contributed by atoms with Gasteiger partial charge < -0.3 is 15.1 Å². The monoisotopic (exact) mass is 572 g/mol. The molecule has 0 aliphatic carbocycles. The molecule has 2 aromatic carbocycles. The molecule has 1 N–H and O–H groups in total. The third-order valence-corrected chi connectivity index (χ3v) is 8.84. The third-order valence-electron chi connectivity index (χ3n) is 7.04. The summed E-state index contributed by atoms with van der Waals surface area (Å²) in [5.74, 6) is 0.119. The van der Waals surface area contributed by atoms with Gasteiger partial charge in [0.2, 0.25) is 11.8 Å². The van der Waals surface area contributed by atoms with E-state index in [9.17, 15) is 14.4 Å². The van der Waals surface area contributed by atoms with Crippen molar-refractivity contribution in [2.45, 2.75) is 19.0 Å². The maximum atomic E-state index is 13.5. The van der Waals surface area contributed by atoms with Crippen LogP contribution in [-0.4, -0.2) is 76.5 Å². The predicted octanol–water partition coefficient (Wildman–Crippen LogP) is 3.50. The van der Waals surface area contributed by atoms with Gasteiger partial charge in [-0.3, -0.25) is 19.4 Å². The van der Waals surface area contributed by atoms with Crippen molar-refractivity contribution in [2.24, 2.45) is 9.98 Å². The van der Waals surface area contributed by atoms with Crippen LogP contribution in [0, 0.1) is 0 Å². The van der Waals surface area contributed by atoms with Gasteiger partial charge in [0, 0.05) is 42.3 Å². The van der Waals surface area contributed by atoms with Crippen LogP contribution < -0.4 is 10.2 Å². The van der Waals surface area contributed by atoms with Crippen molar-refractivity contribution in [1.29, 1.82) is 0 Å². The van der Waals surface area contributed by atoms with Crippen LogP contribution in [0.2, 0.25) is 0 Å². The number of para-hydroxylation sites is 2. The van der Waals surface area contributed by atoms with E-state index in [2.05, 4.69) is 27.3 Å². The number of nitrogens with one attached hydrogen (secondary N) is 1. The minimum atomic E-state index is -0.836. The summed E-state index contributed by atoms with van der Waals surface area (Å²) >= 11 is 2.80. The van der Waals surface area contributed by atoms with Gasteiger partial charge in [0.15, 0.2) is 5.17 Å². The van der Waals surface area contributed by atoms with Crippen molar-refractivity contribution in [3.05, 3.63) is 82.6 Å². The molecule has 11 heteroatoms. The number of amidine groups is 2. The Kier molecular flexibility index (Phi) is 7.65. The SMILES string of the molecule is O=C(C[C@H]1N=C2c3ccccc3N=C(SCC(=O)N3CCN(c4ccccc4)CC3)N2C1=O)NCc1cccs1. The number of hydrogen-bond acceptors (Lipinski definition) is 8. The maximum Gasteiger partial charge on any atom is 0.259 e. The van der Waals surface area contributed by atoms with E-state index < -0.39 is 6.04 Å². The predicted molar refractivity (Wildman–Crippen MR) is 159 cm³/mol. The van der Waals surface area contributed by atoms with Gasteiger partial charge in [-0.15, -0.1) is 11.3 Å². The highest BCUT2D eigenvalue weighted by Gasteiger charge is 2.42.